The lowest BCUT2D eigenvalue weighted by atomic mass is 10.1. The van der Waals surface area contributed by atoms with Gasteiger partial charge >= 0.3 is 0 Å². The number of amides is 2. The van der Waals surface area contributed by atoms with Crippen molar-refractivity contribution in [3.05, 3.63) is 47.2 Å². The summed E-state index contributed by atoms with van der Waals surface area (Å²) in [6.07, 6.45) is 1.41. The van der Waals surface area contributed by atoms with Crippen molar-refractivity contribution in [3.63, 3.8) is 0 Å². The van der Waals surface area contributed by atoms with E-state index in [1.54, 1.807) is 13.0 Å². The fourth-order valence-corrected chi connectivity index (χ4v) is 3.13. The van der Waals surface area contributed by atoms with Crippen molar-refractivity contribution in [2.75, 3.05) is 5.32 Å². The molecule has 7 nitrogen and oxygen atoms in total. The van der Waals surface area contributed by atoms with Crippen molar-refractivity contribution in [2.45, 2.75) is 45.4 Å². The van der Waals surface area contributed by atoms with E-state index in [0.717, 1.165) is 25.0 Å². The molecule has 0 saturated carbocycles. The van der Waals surface area contributed by atoms with Crippen LogP contribution >= 0.6 is 0 Å². The third kappa shape index (κ3) is 4.13. The van der Waals surface area contributed by atoms with Gasteiger partial charge in [0.25, 0.3) is 5.91 Å². The molecule has 2 atom stereocenters. The normalized spacial score (nSPS) is 19.6. The average Bonchev–Trinajstić information content (AvgIpc) is 2.95. The second kappa shape index (κ2) is 7.83. The quantitative estimate of drug-likeness (QED) is 0.747. The van der Waals surface area contributed by atoms with Gasteiger partial charge in [-0.3, -0.25) is 14.9 Å². The minimum atomic E-state index is -0.956. The molecule has 3 N–H and O–H groups in total. The molecule has 9 heteroatoms. The lowest BCUT2D eigenvalue weighted by molar-refractivity contribution is -0.125. The maximum Gasteiger partial charge on any atom is 0.262 e. The Kier molecular flexibility index (Phi) is 5.50. The molecule has 2 heterocycles. The number of aromatic nitrogens is 2. The lowest BCUT2D eigenvalue weighted by Gasteiger charge is -2.32. The van der Waals surface area contributed by atoms with Crippen LogP contribution in [0, 0.1) is 18.6 Å². The summed E-state index contributed by atoms with van der Waals surface area (Å²) < 4.78 is 29.1. The van der Waals surface area contributed by atoms with Crippen LogP contribution in [0.3, 0.4) is 0 Å². The number of rotatable bonds is 5. The van der Waals surface area contributed by atoms with E-state index in [1.165, 1.54) is 10.7 Å². The second-order valence-corrected chi connectivity index (χ2v) is 6.49. The predicted octanol–water partition coefficient (Wildman–Crippen LogP) is 2.46. The summed E-state index contributed by atoms with van der Waals surface area (Å²) in [4.78, 5) is 24.4. The fraction of sp³-hybridized carbons (Fsp3) is 0.389. The highest BCUT2D eigenvalue weighted by Crippen LogP contribution is 2.20. The number of nitrogens with one attached hydrogen (secondary N) is 3. The maximum atomic E-state index is 13.9. The number of nitrogens with zero attached hydrogens (tertiary/aromatic N) is 2. The minimum Gasteiger partial charge on any atom is -0.322 e. The summed E-state index contributed by atoms with van der Waals surface area (Å²) >= 11 is 0. The first-order valence-electron chi connectivity index (χ1n) is 8.76. The van der Waals surface area contributed by atoms with E-state index in [9.17, 15) is 18.4 Å². The first-order chi connectivity index (χ1) is 12.9. The molecule has 144 valence electrons. The Morgan fingerprint density at radius 1 is 1.37 bits per heavy atom. The Hall–Kier alpha value is -2.81. The van der Waals surface area contributed by atoms with Crippen molar-refractivity contribution in [3.8, 4) is 0 Å². The maximum absolute atomic E-state index is 13.9. The first-order valence-corrected chi connectivity index (χ1v) is 8.76. The van der Waals surface area contributed by atoms with Gasteiger partial charge in [-0.1, -0.05) is 19.4 Å². The Morgan fingerprint density at radius 3 is 2.74 bits per heavy atom. The Labute approximate surface area is 155 Å². The Bertz CT molecular complexity index is 847. The van der Waals surface area contributed by atoms with Crippen molar-refractivity contribution in [2.24, 2.45) is 0 Å². The summed E-state index contributed by atoms with van der Waals surface area (Å²) in [5, 5.41) is 12.8. The van der Waals surface area contributed by atoms with Gasteiger partial charge in [0, 0.05) is 18.5 Å². The minimum absolute atomic E-state index is 0.0224. The van der Waals surface area contributed by atoms with E-state index in [0.29, 0.717) is 12.1 Å². The largest absolute Gasteiger partial charge is 0.322 e. The zero-order valence-electron chi connectivity index (χ0n) is 15.1. The zero-order valence-corrected chi connectivity index (χ0v) is 15.1. The van der Waals surface area contributed by atoms with Gasteiger partial charge in [-0.05, 0) is 25.5 Å². The molecular weight excluding hydrogens is 356 g/mol. The van der Waals surface area contributed by atoms with Crippen LogP contribution in [0.15, 0.2) is 24.3 Å². The van der Waals surface area contributed by atoms with E-state index in [1.807, 2.05) is 6.92 Å². The predicted molar refractivity (Wildman–Crippen MR) is 94.9 cm³/mol. The molecule has 1 fully saturated rings. The van der Waals surface area contributed by atoms with E-state index < -0.39 is 29.4 Å². The molecule has 0 radical (unpaired) electrons. The molecule has 27 heavy (non-hydrogen) atoms. The van der Waals surface area contributed by atoms with E-state index in [2.05, 4.69) is 21.0 Å². The van der Waals surface area contributed by atoms with Crippen LogP contribution < -0.4 is 16.0 Å². The van der Waals surface area contributed by atoms with Gasteiger partial charge in [-0.15, -0.1) is 0 Å². The fourth-order valence-electron chi connectivity index (χ4n) is 3.13. The van der Waals surface area contributed by atoms with E-state index >= 15 is 0 Å². The van der Waals surface area contributed by atoms with Crippen LogP contribution in [0.25, 0.3) is 0 Å². The van der Waals surface area contributed by atoms with Crippen LogP contribution in [0.1, 0.15) is 48.5 Å². The molecule has 1 aromatic heterocycles. The van der Waals surface area contributed by atoms with Crippen LogP contribution in [-0.4, -0.2) is 27.6 Å². The highest BCUT2D eigenvalue weighted by molar-refractivity contribution is 6.04. The SMILES string of the molecule is CCCC1CC(=O)NC(n2nc(C)cc2NC(=O)c2c(F)cccc2F)N1. The lowest BCUT2D eigenvalue weighted by Crippen LogP contribution is -2.53. The topological polar surface area (TPSA) is 88.1 Å². The average molecular weight is 377 g/mol. The molecule has 2 unspecified atom stereocenters. The summed E-state index contributed by atoms with van der Waals surface area (Å²) in [6.45, 7) is 3.74. The number of aryl methyl sites for hydroxylation is 1. The number of halogens is 2. The molecule has 3 rings (SSSR count). The number of carbonyl (C=O) groups excluding carboxylic acids is 2. The molecule has 1 aliphatic heterocycles. The van der Waals surface area contributed by atoms with Crippen LogP contribution in [0.4, 0.5) is 14.6 Å². The third-order valence-electron chi connectivity index (χ3n) is 4.29. The number of carbonyl (C=O) groups is 2. The second-order valence-electron chi connectivity index (χ2n) is 6.49. The molecule has 2 amide bonds. The number of hydrogen-bond acceptors (Lipinski definition) is 4. The van der Waals surface area contributed by atoms with Gasteiger partial charge in [0.05, 0.1) is 5.69 Å². The summed E-state index contributed by atoms with van der Waals surface area (Å²) in [5.41, 5.74) is -0.0969. The van der Waals surface area contributed by atoms with Gasteiger partial charge in [0.15, 0.2) is 6.29 Å². The van der Waals surface area contributed by atoms with Gasteiger partial charge in [0.1, 0.15) is 23.0 Å². The molecule has 1 saturated heterocycles. The summed E-state index contributed by atoms with van der Waals surface area (Å²) in [7, 11) is 0. The smallest absolute Gasteiger partial charge is 0.262 e. The van der Waals surface area contributed by atoms with Gasteiger partial charge in [0.2, 0.25) is 5.91 Å². The summed E-state index contributed by atoms with van der Waals surface area (Å²) in [5.74, 6) is -2.76. The van der Waals surface area contributed by atoms with Crippen molar-refractivity contribution in [1.82, 2.24) is 20.4 Å². The van der Waals surface area contributed by atoms with Crippen molar-refractivity contribution >= 4 is 17.6 Å². The summed E-state index contributed by atoms with van der Waals surface area (Å²) in [6, 6.07) is 4.75. The standard InChI is InChI=1S/C18H21F2N5O2/c1-3-5-11-9-15(26)23-18(21-11)25-14(8-10(2)24-25)22-17(27)16-12(19)6-4-7-13(16)20/h4,6-8,11,18,21H,3,5,9H2,1-2H3,(H,22,27)(H,23,26). The molecule has 0 spiro atoms. The van der Waals surface area contributed by atoms with E-state index in [-0.39, 0.29) is 17.8 Å². The molecular formula is C18H21F2N5O2. The number of anilines is 1. The van der Waals surface area contributed by atoms with Crippen LogP contribution in [-0.2, 0) is 4.79 Å². The molecule has 1 aliphatic rings. The van der Waals surface area contributed by atoms with Crippen molar-refractivity contribution < 1.29 is 18.4 Å². The van der Waals surface area contributed by atoms with E-state index in [4.69, 9.17) is 0 Å². The Balaban J connectivity index is 1.86. The first kappa shape index (κ1) is 19.0. The molecule has 2 aromatic rings. The Morgan fingerprint density at radius 2 is 2.07 bits per heavy atom. The van der Waals surface area contributed by atoms with Gasteiger partial charge < -0.3 is 10.6 Å². The van der Waals surface area contributed by atoms with Crippen LogP contribution in [0.2, 0.25) is 0 Å². The van der Waals surface area contributed by atoms with Crippen LogP contribution in [0.5, 0.6) is 0 Å². The highest BCUT2D eigenvalue weighted by Gasteiger charge is 2.29. The zero-order chi connectivity index (χ0) is 19.6. The monoisotopic (exact) mass is 377 g/mol. The third-order valence-corrected chi connectivity index (χ3v) is 4.29. The number of benzene rings is 1. The van der Waals surface area contributed by atoms with Gasteiger partial charge in [-0.2, -0.15) is 5.10 Å². The molecule has 0 bridgehead atoms. The van der Waals surface area contributed by atoms with Crippen molar-refractivity contribution in [1.29, 1.82) is 0 Å². The highest BCUT2D eigenvalue weighted by atomic mass is 19.1. The molecule has 1 aromatic carbocycles. The molecule has 0 aliphatic carbocycles. The van der Waals surface area contributed by atoms with Gasteiger partial charge in [-0.25, -0.2) is 13.5 Å². The number of hydrogen-bond donors (Lipinski definition) is 3.